The summed E-state index contributed by atoms with van der Waals surface area (Å²) in [5, 5.41) is 3.31. The van der Waals surface area contributed by atoms with E-state index in [4.69, 9.17) is 14.2 Å². The topological polar surface area (TPSA) is 39.7 Å². The van der Waals surface area contributed by atoms with Crippen molar-refractivity contribution in [3.8, 4) is 17.2 Å². The Labute approximate surface area is 116 Å². The first-order chi connectivity index (χ1) is 9.26. The van der Waals surface area contributed by atoms with E-state index < -0.39 is 0 Å². The van der Waals surface area contributed by atoms with E-state index in [9.17, 15) is 0 Å². The summed E-state index contributed by atoms with van der Waals surface area (Å²) in [5.74, 6) is 2.45. The van der Waals surface area contributed by atoms with Gasteiger partial charge in [0, 0.05) is 18.7 Å². The van der Waals surface area contributed by atoms with E-state index >= 15 is 0 Å². The molecule has 1 aromatic rings. The average Bonchev–Trinajstić information content (AvgIpc) is 2.39. The Morgan fingerprint density at radius 2 is 1.37 bits per heavy atom. The molecule has 0 aliphatic rings. The van der Waals surface area contributed by atoms with Gasteiger partial charge in [0.15, 0.2) is 0 Å². The molecular formula is C15H25NO3. The van der Waals surface area contributed by atoms with Crippen molar-refractivity contribution in [3.05, 3.63) is 17.7 Å². The van der Waals surface area contributed by atoms with Gasteiger partial charge < -0.3 is 19.5 Å². The first-order valence-electron chi connectivity index (χ1n) is 7.02. The van der Waals surface area contributed by atoms with Crippen LogP contribution in [-0.2, 0) is 6.54 Å². The lowest BCUT2D eigenvalue weighted by Crippen LogP contribution is -2.14. The molecule has 0 fully saturated rings. The molecule has 1 aromatic carbocycles. The molecule has 108 valence electrons. The maximum absolute atomic E-state index is 5.71. The summed E-state index contributed by atoms with van der Waals surface area (Å²) in [5.41, 5.74) is 1.05. The van der Waals surface area contributed by atoms with Crippen LogP contribution >= 0.6 is 0 Å². The second-order valence-corrected chi connectivity index (χ2v) is 3.98. The smallest absolute Gasteiger partial charge is 0.131 e. The van der Waals surface area contributed by atoms with Gasteiger partial charge in [0.25, 0.3) is 0 Å². The van der Waals surface area contributed by atoms with Crippen LogP contribution in [0.15, 0.2) is 12.1 Å². The second-order valence-electron chi connectivity index (χ2n) is 3.98. The molecule has 0 saturated heterocycles. The average molecular weight is 267 g/mol. The monoisotopic (exact) mass is 267 g/mol. The highest BCUT2D eigenvalue weighted by atomic mass is 16.5. The number of nitrogens with one attached hydrogen (secondary N) is 1. The number of hydrogen-bond acceptors (Lipinski definition) is 4. The van der Waals surface area contributed by atoms with Gasteiger partial charge >= 0.3 is 0 Å². The predicted molar refractivity (Wildman–Crippen MR) is 77.3 cm³/mol. The molecule has 19 heavy (non-hydrogen) atoms. The molecular weight excluding hydrogens is 242 g/mol. The fraction of sp³-hybridized carbons (Fsp3) is 0.600. The Hall–Kier alpha value is -1.42. The summed E-state index contributed by atoms with van der Waals surface area (Å²) in [6.07, 6.45) is 0. The molecule has 0 spiro atoms. The first kappa shape index (κ1) is 15.6. The maximum Gasteiger partial charge on any atom is 0.131 e. The Morgan fingerprint density at radius 3 is 1.79 bits per heavy atom. The van der Waals surface area contributed by atoms with Crippen LogP contribution in [0.2, 0.25) is 0 Å². The maximum atomic E-state index is 5.71. The van der Waals surface area contributed by atoms with Gasteiger partial charge in [-0.2, -0.15) is 0 Å². The van der Waals surface area contributed by atoms with E-state index in [-0.39, 0.29) is 0 Å². The van der Waals surface area contributed by atoms with E-state index in [2.05, 4.69) is 12.2 Å². The van der Waals surface area contributed by atoms with Gasteiger partial charge in [0.2, 0.25) is 0 Å². The lowest BCUT2D eigenvalue weighted by molar-refractivity contribution is 0.301. The Kier molecular flexibility index (Phi) is 7.11. The third-order valence-electron chi connectivity index (χ3n) is 2.60. The van der Waals surface area contributed by atoms with Crippen LogP contribution in [0.3, 0.4) is 0 Å². The van der Waals surface area contributed by atoms with E-state index in [1.165, 1.54) is 0 Å². The molecule has 4 heteroatoms. The lowest BCUT2D eigenvalue weighted by atomic mass is 10.1. The van der Waals surface area contributed by atoms with Crippen molar-refractivity contribution >= 4 is 0 Å². The second kappa shape index (κ2) is 8.64. The van der Waals surface area contributed by atoms with Gasteiger partial charge in [0.05, 0.1) is 25.4 Å². The molecule has 0 aromatic heterocycles. The highest BCUT2D eigenvalue weighted by Crippen LogP contribution is 2.34. The SMILES string of the molecule is CCNCc1c(OCC)cc(OCC)cc1OCC. The lowest BCUT2D eigenvalue weighted by Gasteiger charge is -2.17. The Balaban J connectivity index is 3.11. The normalized spacial score (nSPS) is 10.3. The van der Waals surface area contributed by atoms with Crippen molar-refractivity contribution in [2.75, 3.05) is 26.4 Å². The molecule has 1 rings (SSSR count). The van der Waals surface area contributed by atoms with Gasteiger partial charge in [-0.1, -0.05) is 6.92 Å². The third-order valence-corrected chi connectivity index (χ3v) is 2.60. The number of hydrogen-bond donors (Lipinski definition) is 1. The summed E-state index contributed by atoms with van der Waals surface area (Å²) >= 11 is 0. The molecule has 0 heterocycles. The van der Waals surface area contributed by atoms with Crippen molar-refractivity contribution in [2.24, 2.45) is 0 Å². The minimum atomic E-state index is 0.625. The van der Waals surface area contributed by atoms with Crippen LogP contribution in [0.1, 0.15) is 33.3 Å². The zero-order valence-corrected chi connectivity index (χ0v) is 12.4. The van der Waals surface area contributed by atoms with Crippen molar-refractivity contribution in [2.45, 2.75) is 34.2 Å². The van der Waals surface area contributed by atoms with E-state index in [0.717, 1.165) is 35.9 Å². The van der Waals surface area contributed by atoms with Crippen molar-refractivity contribution in [1.82, 2.24) is 5.32 Å². The van der Waals surface area contributed by atoms with Crippen LogP contribution < -0.4 is 19.5 Å². The van der Waals surface area contributed by atoms with Crippen molar-refractivity contribution in [3.63, 3.8) is 0 Å². The summed E-state index contributed by atoms with van der Waals surface area (Å²) in [7, 11) is 0. The highest BCUT2D eigenvalue weighted by Gasteiger charge is 2.13. The third kappa shape index (κ3) is 4.63. The number of benzene rings is 1. The number of ether oxygens (including phenoxy) is 3. The van der Waals surface area contributed by atoms with Gasteiger partial charge in [0.1, 0.15) is 17.2 Å². The Morgan fingerprint density at radius 1 is 0.842 bits per heavy atom. The van der Waals surface area contributed by atoms with Gasteiger partial charge in [-0.05, 0) is 27.3 Å². The summed E-state index contributed by atoms with van der Waals surface area (Å²) in [6, 6.07) is 3.87. The van der Waals surface area contributed by atoms with Crippen LogP contribution in [-0.4, -0.2) is 26.4 Å². The Bertz CT molecular complexity index is 353. The van der Waals surface area contributed by atoms with Crippen LogP contribution in [0, 0.1) is 0 Å². The quantitative estimate of drug-likeness (QED) is 0.746. The molecule has 0 radical (unpaired) electrons. The fourth-order valence-electron chi connectivity index (χ4n) is 1.84. The summed E-state index contributed by atoms with van der Waals surface area (Å²) < 4.78 is 17.0. The highest BCUT2D eigenvalue weighted by molar-refractivity contribution is 5.50. The standard InChI is InChI=1S/C15H25NO3/c1-5-16-11-13-14(18-7-3)9-12(17-6-2)10-15(13)19-8-4/h9-10,16H,5-8,11H2,1-4H3. The van der Waals surface area contributed by atoms with Crippen molar-refractivity contribution < 1.29 is 14.2 Å². The first-order valence-corrected chi connectivity index (χ1v) is 7.02. The molecule has 4 nitrogen and oxygen atoms in total. The molecule has 0 saturated carbocycles. The predicted octanol–water partition coefficient (Wildman–Crippen LogP) is 2.99. The molecule has 1 N–H and O–H groups in total. The zero-order valence-electron chi connectivity index (χ0n) is 12.4. The largest absolute Gasteiger partial charge is 0.494 e. The van der Waals surface area contributed by atoms with Crippen LogP contribution in [0.4, 0.5) is 0 Å². The van der Waals surface area contributed by atoms with Crippen molar-refractivity contribution in [1.29, 1.82) is 0 Å². The minimum Gasteiger partial charge on any atom is -0.494 e. The van der Waals surface area contributed by atoms with E-state index in [0.29, 0.717) is 19.8 Å². The molecule has 0 aliphatic carbocycles. The number of rotatable bonds is 9. The molecule has 0 aliphatic heterocycles. The van der Waals surface area contributed by atoms with Crippen LogP contribution in [0.5, 0.6) is 17.2 Å². The summed E-state index contributed by atoms with van der Waals surface area (Å²) in [4.78, 5) is 0. The molecule has 0 bridgehead atoms. The van der Waals surface area contributed by atoms with E-state index in [1.54, 1.807) is 0 Å². The van der Waals surface area contributed by atoms with Crippen LogP contribution in [0.25, 0.3) is 0 Å². The summed E-state index contributed by atoms with van der Waals surface area (Å²) in [6.45, 7) is 11.5. The molecule has 0 atom stereocenters. The van der Waals surface area contributed by atoms with Gasteiger partial charge in [-0.15, -0.1) is 0 Å². The van der Waals surface area contributed by atoms with Gasteiger partial charge in [-0.25, -0.2) is 0 Å². The minimum absolute atomic E-state index is 0.625. The molecule has 0 amide bonds. The van der Waals surface area contributed by atoms with E-state index in [1.807, 2.05) is 32.9 Å². The fourth-order valence-corrected chi connectivity index (χ4v) is 1.84. The zero-order chi connectivity index (χ0) is 14.1. The molecule has 0 unspecified atom stereocenters. The van der Waals surface area contributed by atoms with Gasteiger partial charge in [-0.3, -0.25) is 0 Å².